The van der Waals surface area contributed by atoms with Gasteiger partial charge in [0, 0.05) is 73.2 Å². The normalized spacial score (nSPS) is 23.0. The van der Waals surface area contributed by atoms with Crippen LogP contribution in [0.15, 0.2) is 34.2 Å². The molecule has 0 aliphatic carbocycles. The Morgan fingerprint density at radius 3 is 2.72 bits per heavy atom. The fourth-order valence-electron chi connectivity index (χ4n) is 4.42. The summed E-state index contributed by atoms with van der Waals surface area (Å²) in [7, 11) is 1.63. The number of nitrogens with zero attached hydrogens (tertiary/aromatic N) is 3. The maximum absolute atomic E-state index is 14.8. The van der Waals surface area contributed by atoms with E-state index in [-0.39, 0.29) is 11.7 Å². The Bertz CT molecular complexity index is 1080. The standard InChI is InChI=1S/C22H23ClF2N4O2S/c1-31-13-10-29-19-15(21(27-22(29)30)28-6-4-26-5-7-28)9-16(23)18(20(19)32-11-13)14-3-2-12(24)8-17(14)25/h2-3,8-9,13,22,26,30H,4-7,10-11H2,1H3/t13-,22?/m1/s1. The summed E-state index contributed by atoms with van der Waals surface area (Å²) in [6.45, 7) is 3.55. The van der Waals surface area contributed by atoms with Gasteiger partial charge < -0.3 is 25.0 Å². The van der Waals surface area contributed by atoms with Crippen LogP contribution < -0.4 is 10.2 Å². The van der Waals surface area contributed by atoms with Gasteiger partial charge in [-0.15, -0.1) is 11.8 Å². The van der Waals surface area contributed by atoms with Crippen molar-refractivity contribution in [2.75, 3.05) is 50.5 Å². The largest absolute Gasteiger partial charge is 0.379 e. The molecule has 2 N–H and O–H groups in total. The predicted octanol–water partition coefficient (Wildman–Crippen LogP) is 3.15. The van der Waals surface area contributed by atoms with Gasteiger partial charge in [-0.2, -0.15) is 0 Å². The lowest BCUT2D eigenvalue weighted by Gasteiger charge is -2.40. The number of benzene rings is 2. The number of rotatable bonds is 2. The minimum atomic E-state index is -1.10. The number of anilines is 1. The number of ether oxygens (including phenoxy) is 1. The lowest BCUT2D eigenvalue weighted by molar-refractivity contribution is 0.106. The van der Waals surface area contributed by atoms with Crippen molar-refractivity contribution in [3.05, 3.63) is 46.5 Å². The van der Waals surface area contributed by atoms with E-state index in [1.165, 1.54) is 23.9 Å². The molecule has 0 radical (unpaired) electrons. The summed E-state index contributed by atoms with van der Waals surface area (Å²) in [5, 5.41) is 14.7. The third-order valence-corrected chi connectivity index (χ3v) is 7.54. The van der Waals surface area contributed by atoms with Crippen molar-refractivity contribution < 1.29 is 18.6 Å². The van der Waals surface area contributed by atoms with Crippen molar-refractivity contribution in [2.45, 2.75) is 17.4 Å². The van der Waals surface area contributed by atoms with E-state index in [1.54, 1.807) is 18.1 Å². The van der Waals surface area contributed by atoms with E-state index in [2.05, 4.69) is 15.2 Å². The quantitative estimate of drug-likeness (QED) is 0.688. The molecule has 0 aromatic heterocycles. The lowest BCUT2D eigenvalue weighted by atomic mass is 9.98. The van der Waals surface area contributed by atoms with E-state index in [9.17, 15) is 13.9 Å². The molecule has 2 atom stereocenters. The summed E-state index contributed by atoms with van der Waals surface area (Å²) >= 11 is 8.26. The molecule has 10 heteroatoms. The van der Waals surface area contributed by atoms with Crippen LogP contribution in [-0.4, -0.2) is 73.9 Å². The number of hydrogen-bond acceptors (Lipinski definition) is 7. The first-order valence-corrected chi connectivity index (χ1v) is 11.8. The second-order valence-electron chi connectivity index (χ2n) is 7.94. The van der Waals surface area contributed by atoms with Gasteiger partial charge in [-0.05, 0) is 18.2 Å². The number of halogens is 3. The molecule has 1 fully saturated rings. The number of nitrogens with one attached hydrogen (secondary N) is 1. The Kier molecular flexibility index (Phi) is 6.02. The van der Waals surface area contributed by atoms with Gasteiger partial charge in [0.05, 0.1) is 16.8 Å². The summed E-state index contributed by atoms with van der Waals surface area (Å²) in [4.78, 5) is 9.26. The second kappa shape index (κ2) is 8.79. The van der Waals surface area contributed by atoms with Gasteiger partial charge in [-0.3, -0.25) is 0 Å². The molecular formula is C22H23ClF2N4O2S. The fraction of sp³-hybridized carbons (Fsp3) is 0.409. The molecule has 170 valence electrons. The van der Waals surface area contributed by atoms with Crippen LogP contribution in [0.3, 0.4) is 0 Å². The average molecular weight is 481 g/mol. The fourth-order valence-corrected chi connectivity index (χ4v) is 6.11. The number of aliphatic imine (C=N–C) groups is 1. The highest BCUT2D eigenvalue weighted by Crippen LogP contribution is 2.49. The minimum Gasteiger partial charge on any atom is -0.379 e. The minimum absolute atomic E-state index is 0.171. The second-order valence-corrected chi connectivity index (χ2v) is 9.38. The van der Waals surface area contributed by atoms with Crippen LogP contribution in [-0.2, 0) is 4.74 Å². The first-order valence-electron chi connectivity index (χ1n) is 10.4. The monoisotopic (exact) mass is 480 g/mol. The van der Waals surface area contributed by atoms with E-state index in [1.807, 2.05) is 0 Å². The van der Waals surface area contributed by atoms with Crippen molar-refractivity contribution >= 4 is 34.9 Å². The average Bonchev–Trinajstić information content (AvgIpc) is 2.98. The Hall–Kier alpha value is -1.91. The highest BCUT2D eigenvalue weighted by Gasteiger charge is 2.38. The van der Waals surface area contributed by atoms with Crippen LogP contribution in [0.5, 0.6) is 0 Å². The zero-order valence-electron chi connectivity index (χ0n) is 17.4. The highest BCUT2D eigenvalue weighted by molar-refractivity contribution is 7.99. The van der Waals surface area contributed by atoms with Crippen LogP contribution in [0.25, 0.3) is 11.1 Å². The van der Waals surface area contributed by atoms with Gasteiger partial charge in [-0.25, -0.2) is 13.8 Å². The van der Waals surface area contributed by atoms with E-state index in [0.717, 1.165) is 48.4 Å². The van der Waals surface area contributed by atoms with Crippen LogP contribution in [0.4, 0.5) is 14.5 Å². The van der Waals surface area contributed by atoms with Crippen molar-refractivity contribution in [1.82, 2.24) is 10.2 Å². The maximum Gasteiger partial charge on any atom is 0.227 e. The number of piperazine rings is 1. The van der Waals surface area contributed by atoms with Gasteiger partial charge in [0.15, 0.2) is 0 Å². The lowest BCUT2D eigenvalue weighted by Crippen LogP contribution is -2.51. The van der Waals surface area contributed by atoms with Gasteiger partial charge in [0.2, 0.25) is 6.35 Å². The molecule has 5 rings (SSSR count). The molecule has 0 spiro atoms. The van der Waals surface area contributed by atoms with Crippen molar-refractivity contribution in [3.8, 4) is 11.1 Å². The molecule has 1 unspecified atom stereocenters. The molecule has 2 aromatic rings. The number of aliphatic hydroxyl groups is 1. The van der Waals surface area contributed by atoms with Gasteiger partial charge in [0.1, 0.15) is 17.5 Å². The molecule has 0 bridgehead atoms. The Labute approximate surface area is 194 Å². The topological polar surface area (TPSA) is 60.3 Å². The summed E-state index contributed by atoms with van der Waals surface area (Å²) in [6.07, 6.45) is -1.27. The summed E-state index contributed by atoms with van der Waals surface area (Å²) < 4.78 is 34.0. The number of aliphatic hydroxyl groups excluding tert-OH is 1. The van der Waals surface area contributed by atoms with E-state index < -0.39 is 18.0 Å². The number of methoxy groups -OCH3 is 1. The zero-order chi connectivity index (χ0) is 22.4. The molecule has 0 saturated carbocycles. The van der Waals surface area contributed by atoms with Crippen LogP contribution >= 0.6 is 23.4 Å². The summed E-state index contributed by atoms with van der Waals surface area (Å²) in [5.74, 6) is -0.0692. The van der Waals surface area contributed by atoms with Gasteiger partial charge in [0.25, 0.3) is 0 Å². The molecule has 3 heterocycles. The van der Waals surface area contributed by atoms with Crippen LogP contribution in [0.1, 0.15) is 5.56 Å². The zero-order valence-corrected chi connectivity index (χ0v) is 19.0. The van der Waals surface area contributed by atoms with Crippen LogP contribution in [0.2, 0.25) is 5.02 Å². The van der Waals surface area contributed by atoms with E-state index in [0.29, 0.717) is 28.7 Å². The molecule has 32 heavy (non-hydrogen) atoms. The van der Waals surface area contributed by atoms with Gasteiger partial charge >= 0.3 is 0 Å². The molecule has 1 saturated heterocycles. The first-order chi connectivity index (χ1) is 15.5. The molecule has 3 aliphatic rings. The molecule has 6 nitrogen and oxygen atoms in total. The van der Waals surface area contributed by atoms with Crippen LogP contribution in [0, 0.1) is 11.6 Å². The first kappa shape index (κ1) is 21.9. The third-order valence-electron chi connectivity index (χ3n) is 6.02. The van der Waals surface area contributed by atoms with Crippen molar-refractivity contribution in [1.29, 1.82) is 0 Å². The Morgan fingerprint density at radius 1 is 1.22 bits per heavy atom. The summed E-state index contributed by atoms with van der Waals surface area (Å²) in [5.41, 5.74) is 2.27. The Balaban J connectivity index is 1.74. The predicted molar refractivity (Wildman–Crippen MR) is 123 cm³/mol. The van der Waals surface area contributed by atoms with Crippen molar-refractivity contribution in [3.63, 3.8) is 0 Å². The molecular weight excluding hydrogens is 458 g/mol. The smallest absolute Gasteiger partial charge is 0.227 e. The Morgan fingerprint density at radius 2 is 2.00 bits per heavy atom. The SMILES string of the molecule is CO[C@H]1CSc2c(-c3ccc(F)cc3F)c(Cl)cc3c2N(C1)C(O)N=C3N1CCNCC1. The molecule has 0 amide bonds. The molecule has 3 aliphatic heterocycles. The number of hydrogen-bond donors (Lipinski definition) is 2. The van der Waals surface area contributed by atoms with Crippen molar-refractivity contribution in [2.24, 2.45) is 4.99 Å². The van der Waals surface area contributed by atoms with Gasteiger partial charge in [-0.1, -0.05) is 11.6 Å². The molecule has 2 aromatic carbocycles. The summed E-state index contributed by atoms with van der Waals surface area (Å²) in [6, 6.07) is 5.27. The van der Waals surface area contributed by atoms with E-state index >= 15 is 0 Å². The number of thioether (sulfide) groups is 1. The highest BCUT2D eigenvalue weighted by atomic mass is 35.5. The third kappa shape index (κ3) is 3.76. The maximum atomic E-state index is 14.8. The number of amidine groups is 1. The van der Waals surface area contributed by atoms with E-state index in [4.69, 9.17) is 16.3 Å².